The largest absolute Gasteiger partial charge is 0.726 e. The molecular weight excluding hydrogens is 570 g/mol. The van der Waals surface area contributed by atoms with Gasteiger partial charge in [0.15, 0.2) is 0 Å². The van der Waals surface area contributed by atoms with Crippen molar-refractivity contribution in [2.75, 3.05) is 39.9 Å². The van der Waals surface area contributed by atoms with Gasteiger partial charge in [-0.25, -0.2) is 8.42 Å². The van der Waals surface area contributed by atoms with Gasteiger partial charge in [0.05, 0.1) is 33.4 Å². The summed E-state index contributed by atoms with van der Waals surface area (Å²) in [5.74, 6) is 0. The highest BCUT2D eigenvalue weighted by Gasteiger charge is 2.23. The number of hydrogen-bond donors (Lipinski definition) is 1. The van der Waals surface area contributed by atoms with E-state index in [1.165, 1.54) is 174 Å². The lowest BCUT2D eigenvalue weighted by atomic mass is 10.1. The van der Waals surface area contributed by atoms with Gasteiger partial charge < -0.3 is 14.1 Å². The Labute approximate surface area is 275 Å². The molecule has 0 amide bonds. The molecule has 7 heteroatoms. The van der Waals surface area contributed by atoms with Crippen molar-refractivity contribution in [3.63, 3.8) is 0 Å². The fourth-order valence-corrected chi connectivity index (χ4v) is 5.70. The van der Waals surface area contributed by atoms with Crippen LogP contribution in [0.5, 0.6) is 0 Å². The summed E-state index contributed by atoms with van der Waals surface area (Å²) >= 11 is 0. The van der Waals surface area contributed by atoms with E-state index in [-0.39, 0.29) is 0 Å². The molecule has 0 aromatic carbocycles. The molecule has 1 N–H and O–H groups in total. The zero-order chi connectivity index (χ0) is 33.0. The molecule has 0 aliphatic heterocycles. The molecule has 6 nitrogen and oxygen atoms in total. The first-order valence-electron chi connectivity index (χ1n) is 18.6. The van der Waals surface area contributed by atoms with E-state index in [1.807, 2.05) is 0 Å². The Kier molecular flexibility index (Phi) is 36.2. The van der Waals surface area contributed by atoms with E-state index in [0.717, 1.165) is 18.1 Å². The summed E-state index contributed by atoms with van der Waals surface area (Å²) < 4.78 is 32.2. The van der Waals surface area contributed by atoms with Crippen molar-refractivity contribution < 1.29 is 26.7 Å². The van der Waals surface area contributed by atoms with Crippen LogP contribution in [0.3, 0.4) is 0 Å². The van der Waals surface area contributed by atoms with Gasteiger partial charge in [-0.05, 0) is 84.0 Å². The van der Waals surface area contributed by atoms with Gasteiger partial charge in [0, 0.05) is 0 Å². The van der Waals surface area contributed by atoms with Crippen LogP contribution in [0.25, 0.3) is 0 Å². The van der Waals surface area contributed by atoms with Gasteiger partial charge in [-0.1, -0.05) is 115 Å². The van der Waals surface area contributed by atoms with Crippen LogP contribution in [0.2, 0.25) is 0 Å². The molecule has 0 fully saturated rings. The third-order valence-corrected chi connectivity index (χ3v) is 9.15. The Bertz CT molecular complexity index is 685. The predicted molar refractivity (Wildman–Crippen MR) is 190 cm³/mol. The Morgan fingerprint density at radius 2 is 0.841 bits per heavy atom. The van der Waals surface area contributed by atoms with E-state index in [0.29, 0.717) is 6.61 Å². The second-order valence-electron chi connectivity index (χ2n) is 12.6. The van der Waals surface area contributed by atoms with Crippen molar-refractivity contribution in [1.82, 2.24) is 0 Å². The average Bonchev–Trinajstić information content (AvgIpc) is 3.01. The molecule has 0 atom stereocenters. The number of allylic oxidation sites excluding steroid dienone is 4. The predicted octanol–water partition coefficient (Wildman–Crippen LogP) is 10.4. The smallest absolute Gasteiger partial charge is 0.217 e. The molecule has 44 heavy (non-hydrogen) atoms. The molecule has 0 aliphatic carbocycles. The quantitative estimate of drug-likeness (QED) is 0.0259. The van der Waals surface area contributed by atoms with E-state index in [9.17, 15) is 18.1 Å². The molecular formula is C37H75NO5S. The number of quaternary nitrogens is 1. The van der Waals surface area contributed by atoms with Gasteiger partial charge in [-0.15, -0.1) is 0 Å². The van der Waals surface area contributed by atoms with Crippen LogP contribution in [0.15, 0.2) is 24.3 Å². The molecule has 0 spiro atoms. The SMILES string of the molecule is CCCCCC/C=C\CCCCCCCC[N+](CC)(CCO)CCCCCCCC/C=C\CCCCCC.COS(=O)(=O)[O-]. The second kappa shape index (κ2) is 35.1. The summed E-state index contributed by atoms with van der Waals surface area (Å²) in [4.78, 5) is 0. The standard InChI is InChI=1S/C36H72NO.CH4O4S/c1-4-7-9-11-13-15-17-19-21-23-25-27-29-31-33-37(6-3,35-36-38)34-32-30-28-26-24-22-20-18-16-14-12-10-8-5-2;1-5-6(2,3)4/h15-18,38H,4-14,19-36H2,1-3H3;1H3,(H,2,3,4)/q+1;/p-1/b17-15-,18-16-;. The molecule has 0 unspecified atom stereocenters. The summed E-state index contributed by atoms with van der Waals surface area (Å²) in [6, 6.07) is 0. The maximum atomic E-state index is 9.74. The third kappa shape index (κ3) is 35.7. The highest BCUT2D eigenvalue weighted by atomic mass is 32.3. The first kappa shape index (κ1) is 45.4. The number of likely N-dealkylation sites (N-methyl/N-ethyl adjacent to an activating group) is 1. The van der Waals surface area contributed by atoms with Crippen LogP contribution in [-0.2, 0) is 14.6 Å². The lowest BCUT2D eigenvalue weighted by Gasteiger charge is -2.37. The number of unbranched alkanes of at least 4 members (excludes halogenated alkanes) is 20. The van der Waals surface area contributed by atoms with Crippen molar-refractivity contribution in [1.29, 1.82) is 0 Å². The molecule has 0 rings (SSSR count). The highest BCUT2D eigenvalue weighted by molar-refractivity contribution is 7.80. The van der Waals surface area contributed by atoms with Crippen LogP contribution in [-0.4, -0.2) is 62.5 Å². The molecule has 0 aromatic rings. The minimum atomic E-state index is -4.41. The van der Waals surface area contributed by atoms with Crippen molar-refractivity contribution in [3.05, 3.63) is 24.3 Å². The minimum Gasteiger partial charge on any atom is -0.726 e. The number of aliphatic hydroxyl groups is 1. The summed E-state index contributed by atoms with van der Waals surface area (Å²) in [5.41, 5.74) is 0. The molecule has 0 aliphatic rings. The highest BCUT2D eigenvalue weighted by Crippen LogP contribution is 2.16. The fourth-order valence-electron chi connectivity index (χ4n) is 5.70. The van der Waals surface area contributed by atoms with E-state index >= 15 is 0 Å². The van der Waals surface area contributed by atoms with Gasteiger partial charge in [-0.3, -0.25) is 4.18 Å². The Balaban J connectivity index is 0. The first-order valence-corrected chi connectivity index (χ1v) is 19.9. The Hall–Kier alpha value is -0.730. The van der Waals surface area contributed by atoms with Crippen molar-refractivity contribution in [2.45, 2.75) is 175 Å². The average molecular weight is 646 g/mol. The fraction of sp³-hybridized carbons (Fsp3) is 0.892. The Morgan fingerprint density at radius 3 is 1.11 bits per heavy atom. The monoisotopic (exact) mass is 646 g/mol. The van der Waals surface area contributed by atoms with Gasteiger partial charge in [-0.2, -0.15) is 0 Å². The van der Waals surface area contributed by atoms with Crippen LogP contribution >= 0.6 is 0 Å². The summed E-state index contributed by atoms with van der Waals surface area (Å²) in [7, 11) is -3.60. The number of nitrogens with zero attached hydrogens (tertiary/aromatic N) is 1. The first-order chi connectivity index (χ1) is 21.3. The summed E-state index contributed by atoms with van der Waals surface area (Å²) in [5, 5.41) is 9.74. The van der Waals surface area contributed by atoms with E-state index in [1.54, 1.807) is 0 Å². The van der Waals surface area contributed by atoms with Crippen LogP contribution < -0.4 is 0 Å². The summed E-state index contributed by atoms with van der Waals surface area (Å²) in [6.07, 6.45) is 42.2. The molecule has 0 bridgehead atoms. The van der Waals surface area contributed by atoms with E-state index < -0.39 is 10.4 Å². The van der Waals surface area contributed by atoms with Crippen molar-refractivity contribution in [3.8, 4) is 0 Å². The second-order valence-corrected chi connectivity index (χ2v) is 13.7. The topological polar surface area (TPSA) is 86.7 Å². The molecule has 0 saturated carbocycles. The lowest BCUT2D eigenvalue weighted by molar-refractivity contribution is -0.927. The van der Waals surface area contributed by atoms with Gasteiger partial charge >= 0.3 is 0 Å². The van der Waals surface area contributed by atoms with Crippen molar-refractivity contribution >= 4 is 10.4 Å². The molecule has 0 heterocycles. The van der Waals surface area contributed by atoms with Crippen molar-refractivity contribution in [2.24, 2.45) is 0 Å². The van der Waals surface area contributed by atoms with Crippen LogP contribution in [0.1, 0.15) is 175 Å². The van der Waals surface area contributed by atoms with Crippen LogP contribution in [0, 0.1) is 0 Å². The van der Waals surface area contributed by atoms with Gasteiger partial charge in [0.2, 0.25) is 10.4 Å². The minimum absolute atomic E-state index is 0.339. The lowest BCUT2D eigenvalue weighted by Crippen LogP contribution is -2.51. The van der Waals surface area contributed by atoms with E-state index in [4.69, 9.17) is 0 Å². The molecule has 0 aromatic heterocycles. The maximum absolute atomic E-state index is 9.74. The zero-order valence-electron chi connectivity index (χ0n) is 29.8. The molecule has 264 valence electrons. The van der Waals surface area contributed by atoms with Crippen LogP contribution in [0.4, 0.5) is 0 Å². The molecule has 0 radical (unpaired) electrons. The zero-order valence-corrected chi connectivity index (χ0v) is 30.6. The van der Waals surface area contributed by atoms with Gasteiger partial charge in [0.1, 0.15) is 6.54 Å². The van der Waals surface area contributed by atoms with E-state index in [2.05, 4.69) is 49.3 Å². The molecule has 0 saturated heterocycles. The maximum Gasteiger partial charge on any atom is 0.217 e. The third-order valence-electron chi connectivity index (χ3n) is 8.74. The Morgan fingerprint density at radius 1 is 0.545 bits per heavy atom. The number of hydrogen-bond acceptors (Lipinski definition) is 5. The van der Waals surface area contributed by atoms with Gasteiger partial charge in [0.25, 0.3) is 0 Å². The number of rotatable bonds is 32. The summed E-state index contributed by atoms with van der Waals surface area (Å²) in [6.45, 7) is 11.9. The number of aliphatic hydroxyl groups excluding tert-OH is 1. The normalized spacial score (nSPS) is 12.3.